The maximum absolute atomic E-state index is 6.01. The number of hydrogen-bond donors (Lipinski definition) is 1. The zero-order chi connectivity index (χ0) is 14.1. The van der Waals surface area contributed by atoms with Crippen LogP contribution in [0.1, 0.15) is 6.92 Å². The summed E-state index contributed by atoms with van der Waals surface area (Å²) in [5, 5.41) is 0.647. The molecule has 0 unspecified atom stereocenters. The molecule has 0 saturated heterocycles. The molecule has 0 aliphatic heterocycles. The number of imidazole rings is 1. The number of aromatic nitrogens is 2. The molecule has 0 spiro atoms. The molecule has 2 N–H and O–H groups in total. The Bertz CT molecular complexity index is 750. The van der Waals surface area contributed by atoms with E-state index in [0.717, 1.165) is 22.5 Å². The minimum Gasteiger partial charge on any atom is -0.494 e. The van der Waals surface area contributed by atoms with Crippen LogP contribution in [-0.2, 0) is 0 Å². The molecule has 0 amide bonds. The second-order valence-electron chi connectivity index (χ2n) is 4.37. The Morgan fingerprint density at radius 3 is 2.65 bits per heavy atom. The van der Waals surface area contributed by atoms with Crippen LogP contribution in [0.3, 0.4) is 0 Å². The highest BCUT2D eigenvalue weighted by Crippen LogP contribution is 2.26. The van der Waals surface area contributed by atoms with Gasteiger partial charge in [0.05, 0.1) is 17.6 Å². The molecule has 0 atom stereocenters. The van der Waals surface area contributed by atoms with Crippen molar-refractivity contribution >= 4 is 28.6 Å². The van der Waals surface area contributed by atoms with Crippen molar-refractivity contribution in [1.82, 2.24) is 9.55 Å². The van der Waals surface area contributed by atoms with Gasteiger partial charge in [0.15, 0.2) is 0 Å². The molecule has 3 aromatic rings. The Labute approximate surface area is 121 Å². The van der Waals surface area contributed by atoms with E-state index in [1.165, 1.54) is 0 Å². The molecule has 5 heteroatoms. The Balaban J connectivity index is 2.11. The van der Waals surface area contributed by atoms with Gasteiger partial charge < -0.3 is 10.5 Å². The summed E-state index contributed by atoms with van der Waals surface area (Å²) in [4.78, 5) is 4.33. The molecule has 3 rings (SSSR count). The zero-order valence-corrected chi connectivity index (χ0v) is 11.8. The highest BCUT2D eigenvalue weighted by Gasteiger charge is 2.10. The summed E-state index contributed by atoms with van der Waals surface area (Å²) in [5.41, 5.74) is 8.66. The molecule has 20 heavy (non-hydrogen) atoms. The standard InChI is InChI=1S/C15H14ClN3O/c1-2-20-12-6-4-11(5-7-12)19-14-8-3-10(16)9-13(14)18-15(19)17/h3-9H,2H2,1H3,(H2,17,18). The van der Waals surface area contributed by atoms with Crippen molar-refractivity contribution in [3.05, 3.63) is 47.5 Å². The van der Waals surface area contributed by atoms with E-state index in [9.17, 15) is 0 Å². The molecule has 4 nitrogen and oxygen atoms in total. The first-order valence-corrected chi connectivity index (χ1v) is 6.73. The van der Waals surface area contributed by atoms with Gasteiger partial charge in [0.25, 0.3) is 0 Å². The van der Waals surface area contributed by atoms with Gasteiger partial charge in [0.1, 0.15) is 5.75 Å². The number of halogens is 1. The number of nitrogen functional groups attached to an aromatic ring is 1. The molecule has 2 aromatic carbocycles. The number of anilines is 1. The monoisotopic (exact) mass is 287 g/mol. The quantitative estimate of drug-likeness (QED) is 0.800. The van der Waals surface area contributed by atoms with Gasteiger partial charge in [-0.1, -0.05) is 11.6 Å². The van der Waals surface area contributed by atoms with Gasteiger partial charge in [-0.2, -0.15) is 0 Å². The summed E-state index contributed by atoms with van der Waals surface area (Å²) >= 11 is 5.98. The number of fused-ring (bicyclic) bond motifs is 1. The van der Waals surface area contributed by atoms with Crippen LogP contribution in [0.4, 0.5) is 5.95 Å². The van der Waals surface area contributed by atoms with E-state index in [1.807, 2.05) is 47.9 Å². The maximum Gasteiger partial charge on any atom is 0.205 e. The first-order valence-electron chi connectivity index (χ1n) is 6.35. The predicted octanol–water partition coefficient (Wildman–Crippen LogP) is 3.66. The smallest absolute Gasteiger partial charge is 0.205 e. The maximum atomic E-state index is 6.01. The third-order valence-corrected chi connectivity index (χ3v) is 3.28. The fourth-order valence-electron chi connectivity index (χ4n) is 2.20. The molecular formula is C15H14ClN3O. The van der Waals surface area contributed by atoms with Crippen molar-refractivity contribution in [2.45, 2.75) is 6.92 Å². The van der Waals surface area contributed by atoms with Crippen molar-refractivity contribution < 1.29 is 4.74 Å². The average Bonchev–Trinajstić information content (AvgIpc) is 2.75. The van der Waals surface area contributed by atoms with Crippen LogP contribution >= 0.6 is 11.6 Å². The number of nitrogens with two attached hydrogens (primary N) is 1. The predicted molar refractivity (Wildman–Crippen MR) is 81.7 cm³/mol. The van der Waals surface area contributed by atoms with Crippen LogP contribution in [0.25, 0.3) is 16.7 Å². The highest BCUT2D eigenvalue weighted by molar-refractivity contribution is 6.31. The third-order valence-electron chi connectivity index (χ3n) is 3.05. The largest absolute Gasteiger partial charge is 0.494 e. The summed E-state index contributed by atoms with van der Waals surface area (Å²) in [6.45, 7) is 2.60. The van der Waals surface area contributed by atoms with Crippen molar-refractivity contribution in [3.8, 4) is 11.4 Å². The van der Waals surface area contributed by atoms with Gasteiger partial charge in [0, 0.05) is 10.7 Å². The van der Waals surface area contributed by atoms with E-state index in [-0.39, 0.29) is 0 Å². The highest BCUT2D eigenvalue weighted by atomic mass is 35.5. The van der Waals surface area contributed by atoms with Crippen molar-refractivity contribution in [3.63, 3.8) is 0 Å². The molecule has 1 aromatic heterocycles. The second-order valence-corrected chi connectivity index (χ2v) is 4.80. The van der Waals surface area contributed by atoms with Crippen LogP contribution in [0.15, 0.2) is 42.5 Å². The average molecular weight is 288 g/mol. The van der Waals surface area contributed by atoms with Crippen molar-refractivity contribution in [1.29, 1.82) is 0 Å². The molecule has 1 heterocycles. The van der Waals surface area contributed by atoms with E-state index in [2.05, 4.69) is 4.98 Å². The summed E-state index contributed by atoms with van der Waals surface area (Å²) < 4.78 is 7.33. The van der Waals surface area contributed by atoms with Crippen molar-refractivity contribution in [2.24, 2.45) is 0 Å². The lowest BCUT2D eigenvalue weighted by Crippen LogP contribution is -2.00. The van der Waals surface area contributed by atoms with Gasteiger partial charge >= 0.3 is 0 Å². The summed E-state index contributed by atoms with van der Waals surface area (Å²) in [7, 11) is 0. The fourth-order valence-corrected chi connectivity index (χ4v) is 2.37. The van der Waals surface area contributed by atoms with E-state index < -0.39 is 0 Å². The molecule has 0 fully saturated rings. The van der Waals surface area contributed by atoms with Crippen LogP contribution in [0.2, 0.25) is 5.02 Å². The van der Waals surface area contributed by atoms with E-state index in [0.29, 0.717) is 17.6 Å². The molecule has 0 bridgehead atoms. The topological polar surface area (TPSA) is 53.1 Å². The molecule has 0 aliphatic carbocycles. The Morgan fingerprint density at radius 2 is 1.95 bits per heavy atom. The van der Waals surface area contributed by atoms with Crippen LogP contribution in [0, 0.1) is 0 Å². The third kappa shape index (κ3) is 2.18. The van der Waals surface area contributed by atoms with Crippen molar-refractivity contribution in [2.75, 3.05) is 12.3 Å². The van der Waals surface area contributed by atoms with Crippen LogP contribution in [-0.4, -0.2) is 16.2 Å². The lowest BCUT2D eigenvalue weighted by atomic mass is 10.2. The molecule has 0 saturated carbocycles. The first-order chi connectivity index (χ1) is 9.69. The molecule has 0 aliphatic rings. The molecular weight excluding hydrogens is 274 g/mol. The normalized spacial score (nSPS) is 10.9. The van der Waals surface area contributed by atoms with Gasteiger partial charge in [0.2, 0.25) is 5.95 Å². The Kier molecular flexibility index (Phi) is 3.24. The number of ether oxygens (including phenoxy) is 1. The first kappa shape index (κ1) is 12.8. The lowest BCUT2D eigenvalue weighted by Gasteiger charge is -2.08. The minimum absolute atomic E-state index is 0.437. The molecule has 102 valence electrons. The summed E-state index contributed by atoms with van der Waals surface area (Å²) in [6.07, 6.45) is 0. The lowest BCUT2D eigenvalue weighted by molar-refractivity contribution is 0.340. The second kappa shape index (κ2) is 5.06. The van der Waals surface area contributed by atoms with Gasteiger partial charge in [-0.3, -0.25) is 4.57 Å². The van der Waals surface area contributed by atoms with Crippen LogP contribution in [0.5, 0.6) is 5.75 Å². The fraction of sp³-hybridized carbons (Fsp3) is 0.133. The van der Waals surface area contributed by atoms with E-state index in [1.54, 1.807) is 6.07 Å². The van der Waals surface area contributed by atoms with Gasteiger partial charge in [-0.15, -0.1) is 0 Å². The molecule has 0 radical (unpaired) electrons. The summed E-state index contributed by atoms with van der Waals surface area (Å²) in [5.74, 6) is 1.27. The Hall–Kier alpha value is -2.20. The number of rotatable bonds is 3. The SMILES string of the molecule is CCOc1ccc(-n2c(N)nc3cc(Cl)ccc32)cc1. The summed E-state index contributed by atoms with van der Waals surface area (Å²) in [6, 6.07) is 13.3. The minimum atomic E-state index is 0.437. The van der Waals surface area contributed by atoms with E-state index >= 15 is 0 Å². The van der Waals surface area contributed by atoms with Gasteiger partial charge in [-0.05, 0) is 49.4 Å². The van der Waals surface area contributed by atoms with Crippen LogP contribution < -0.4 is 10.5 Å². The number of benzene rings is 2. The van der Waals surface area contributed by atoms with Gasteiger partial charge in [-0.25, -0.2) is 4.98 Å². The van der Waals surface area contributed by atoms with E-state index in [4.69, 9.17) is 22.1 Å². The number of hydrogen-bond acceptors (Lipinski definition) is 3. The zero-order valence-electron chi connectivity index (χ0n) is 11.0. The Morgan fingerprint density at radius 1 is 1.20 bits per heavy atom. The number of nitrogens with zero attached hydrogens (tertiary/aromatic N) is 2.